The third-order valence-electron chi connectivity index (χ3n) is 2.44. The number of hydrogen-bond acceptors (Lipinski definition) is 4. The first-order chi connectivity index (χ1) is 7.05. The number of halogens is 2. The van der Waals surface area contributed by atoms with Gasteiger partial charge in [0.05, 0.1) is 0 Å². The van der Waals surface area contributed by atoms with Gasteiger partial charge in [0.15, 0.2) is 0 Å². The van der Waals surface area contributed by atoms with Crippen LogP contribution in [0, 0.1) is 6.92 Å². The van der Waals surface area contributed by atoms with Crippen LogP contribution in [-0.2, 0) is 0 Å². The van der Waals surface area contributed by atoms with Crippen molar-refractivity contribution in [1.82, 2.24) is 10.2 Å². The fourth-order valence-corrected chi connectivity index (χ4v) is 2.20. The number of alkyl halides is 2. The Bertz CT molecular complexity index is 333. The molecule has 0 aromatic carbocycles. The number of rotatable bonds is 2. The highest BCUT2D eigenvalue weighted by Gasteiger charge is 2.35. The Morgan fingerprint density at radius 3 is 2.53 bits per heavy atom. The molecule has 0 spiro atoms. The van der Waals surface area contributed by atoms with Crippen LogP contribution < -0.4 is 4.74 Å². The molecule has 1 aliphatic carbocycles. The lowest BCUT2D eigenvalue weighted by Gasteiger charge is -2.27. The van der Waals surface area contributed by atoms with Crippen LogP contribution in [-0.4, -0.2) is 22.2 Å². The van der Waals surface area contributed by atoms with E-state index in [1.54, 1.807) is 0 Å². The van der Waals surface area contributed by atoms with Crippen LogP contribution in [0.25, 0.3) is 0 Å². The molecule has 0 atom stereocenters. The first-order valence-corrected chi connectivity index (χ1v) is 5.71. The van der Waals surface area contributed by atoms with Crippen LogP contribution in [0.5, 0.6) is 5.19 Å². The van der Waals surface area contributed by atoms with Gasteiger partial charge in [0.2, 0.25) is 5.92 Å². The van der Waals surface area contributed by atoms with Gasteiger partial charge in [-0.05, 0) is 19.8 Å². The molecule has 84 valence electrons. The lowest BCUT2D eigenvalue weighted by atomic mass is 9.94. The first-order valence-electron chi connectivity index (χ1n) is 4.90. The van der Waals surface area contributed by atoms with Gasteiger partial charge in [0.1, 0.15) is 11.1 Å². The predicted molar refractivity (Wildman–Crippen MR) is 52.5 cm³/mol. The average molecular weight is 234 g/mol. The number of nitrogens with zero attached hydrogens (tertiary/aromatic N) is 2. The van der Waals surface area contributed by atoms with Crippen molar-refractivity contribution in [1.29, 1.82) is 0 Å². The van der Waals surface area contributed by atoms with E-state index in [0.29, 0.717) is 18.0 Å². The largest absolute Gasteiger partial charge is 0.466 e. The van der Waals surface area contributed by atoms with Gasteiger partial charge >= 0.3 is 0 Å². The lowest BCUT2D eigenvalue weighted by Crippen LogP contribution is -2.30. The molecule has 15 heavy (non-hydrogen) atoms. The Morgan fingerprint density at radius 2 is 2.00 bits per heavy atom. The average Bonchev–Trinajstić information content (AvgIpc) is 2.55. The van der Waals surface area contributed by atoms with Gasteiger partial charge < -0.3 is 4.74 Å². The lowest BCUT2D eigenvalue weighted by molar-refractivity contribution is -0.0583. The number of ether oxygens (including phenoxy) is 1. The second kappa shape index (κ2) is 4.00. The Morgan fingerprint density at radius 1 is 1.33 bits per heavy atom. The van der Waals surface area contributed by atoms with Crippen molar-refractivity contribution in [2.24, 2.45) is 0 Å². The molecule has 0 bridgehead atoms. The van der Waals surface area contributed by atoms with Crippen molar-refractivity contribution in [2.75, 3.05) is 0 Å². The van der Waals surface area contributed by atoms with E-state index in [9.17, 15) is 8.78 Å². The van der Waals surface area contributed by atoms with Crippen LogP contribution in [0.2, 0.25) is 0 Å². The maximum Gasteiger partial charge on any atom is 0.294 e. The van der Waals surface area contributed by atoms with Crippen LogP contribution in [0.1, 0.15) is 30.7 Å². The van der Waals surface area contributed by atoms with Crippen LogP contribution in [0.4, 0.5) is 8.78 Å². The molecule has 1 saturated carbocycles. The van der Waals surface area contributed by atoms with Gasteiger partial charge in [-0.3, -0.25) is 0 Å². The second-order valence-electron chi connectivity index (χ2n) is 3.76. The summed E-state index contributed by atoms with van der Waals surface area (Å²) in [5, 5.41) is 8.92. The Labute approximate surface area is 90.5 Å². The molecule has 0 radical (unpaired) electrons. The molecule has 0 aliphatic heterocycles. The minimum absolute atomic E-state index is 0.0878. The summed E-state index contributed by atoms with van der Waals surface area (Å²) in [4.78, 5) is 0. The molecule has 0 saturated heterocycles. The van der Waals surface area contributed by atoms with Crippen molar-refractivity contribution >= 4 is 11.3 Å². The van der Waals surface area contributed by atoms with E-state index in [2.05, 4.69) is 10.2 Å². The molecule has 0 unspecified atom stereocenters. The monoisotopic (exact) mass is 234 g/mol. The third kappa shape index (κ3) is 2.84. The zero-order valence-electron chi connectivity index (χ0n) is 8.37. The summed E-state index contributed by atoms with van der Waals surface area (Å²) in [5.41, 5.74) is 0. The summed E-state index contributed by atoms with van der Waals surface area (Å²) in [6, 6.07) is 0. The summed E-state index contributed by atoms with van der Waals surface area (Å²) in [6.45, 7) is 1.83. The summed E-state index contributed by atoms with van der Waals surface area (Å²) < 4.78 is 31.2. The Hall–Kier alpha value is -0.780. The van der Waals surface area contributed by atoms with Gasteiger partial charge in [-0.15, -0.1) is 10.2 Å². The predicted octanol–water partition coefficient (Wildman–Crippen LogP) is 2.80. The third-order valence-corrected chi connectivity index (χ3v) is 3.17. The van der Waals surface area contributed by atoms with E-state index in [0.717, 1.165) is 5.01 Å². The van der Waals surface area contributed by atoms with Crippen LogP contribution in [0.15, 0.2) is 0 Å². The van der Waals surface area contributed by atoms with E-state index < -0.39 is 5.92 Å². The van der Waals surface area contributed by atoms with E-state index in [1.165, 1.54) is 11.3 Å². The van der Waals surface area contributed by atoms with Crippen molar-refractivity contribution in [3.8, 4) is 5.19 Å². The number of hydrogen-bond donors (Lipinski definition) is 0. The minimum Gasteiger partial charge on any atom is -0.466 e. The van der Waals surface area contributed by atoms with E-state index in [4.69, 9.17) is 4.74 Å². The van der Waals surface area contributed by atoms with E-state index in [1.807, 2.05) is 6.92 Å². The quantitative estimate of drug-likeness (QED) is 0.789. The van der Waals surface area contributed by atoms with Gasteiger partial charge in [-0.25, -0.2) is 8.78 Å². The summed E-state index contributed by atoms with van der Waals surface area (Å²) >= 11 is 1.35. The molecule has 1 aromatic heterocycles. The summed E-state index contributed by atoms with van der Waals surface area (Å²) in [6.07, 6.45) is 0.485. The number of aromatic nitrogens is 2. The van der Waals surface area contributed by atoms with Crippen molar-refractivity contribution in [3.63, 3.8) is 0 Å². The first kappa shape index (κ1) is 10.7. The Kier molecular flexibility index (Phi) is 2.86. The molecule has 1 fully saturated rings. The molecule has 0 N–H and O–H groups in total. The highest BCUT2D eigenvalue weighted by atomic mass is 32.1. The molecule has 3 nitrogen and oxygen atoms in total. The van der Waals surface area contributed by atoms with Crippen molar-refractivity contribution in [2.45, 2.75) is 44.6 Å². The number of aryl methyl sites for hydroxylation is 1. The molecule has 2 rings (SSSR count). The normalized spacial score (nSPS) is 21.5. The zero-order chi connectivity index (χ0) is 10.9. The Balaban J connectivity index is 1.87. The van der Waals surface area contributed by atoms with Gasteiger partial charge in [0.25, 0.3) is 5.19 Å². The van der Waals surface area contributed by atoms with Gasteiger partial charge in [0, 0.05) is 12.8 Å². The standard InChI is InChI=1S/C9H12F2N2OS/c1-6-12-13-8(15-6)14-7-2-4-9(10,11)5-3-7/h7H,2-5H2,1H3. The maximum absolute atomic E-state index is 12.8. The zero-order valence-corrected chi connectivity index (χ0v) is 9.19. The van der Waals surface area contributed by atoms with Crippen molar-refractivity contribution < 1.29 is 13.5 Å². The maximum atomic E-state index is 12.8. The smallest absolute Gasteiger partial charge is 0.294 e. The molecule has 0 amide bonds. The highest BCUT2D eigenvalue weighted by molar-refractivity contribution is 7.12. The molecule has 6 heteroatoms. The van der Waals surface area contributed by atoms with Gasteiger partial charge in [-0.1, -0.05) is 11.3 Å². The molecule has 1 aliphatic rings. The SMILES string of the molecule is Cc1nnc(OC2CCC(F)(F)CC2)s1. The van der Waals surface area contributed by atoms with Crippen molar-refractivity contribution in [3.05, 3.63) is 5.01 Å². The summed E-state index contributed by atoms with van der Waals surface area (Å²) in [7, 11) is 0. The van der Waals surface area contributed by atoms with Gasteiger partial charge in [-0.2, -0.15) is 0 Å². The highest BCUT2D eigenvalue weighted by Crippen LogP contribution is 2.35. The second-order valence-corrected chi connectivity index (χ2v) is 4.90. The van der Waals surface area contributed by atoms with E-state index >= 15 is 0 Å². The fourth-order valence-electron chi connectivity index (χ4n) is 1.60. The molecular formula is C9H12F2N2OS. The topological polar surface area (TPSA) is 35.0 Å². The van der Waals surface area contributed by atoms with E-state index in [-0.39, 0.29) is 18.9 Å². The summed E-state index contributed by atoms with van der Waals surface area (Å²) in [5.74, 6) is -2.50. The molecule has 1 heterocycles. The molecule has 1 aromatic rings. The minimum atomic E-state index is -2.50. The van der Waals surface area contributed by atoms with Crippen LogP contribution >= 0.6 is 11.3 Å². The fraction of sp³-hybridized carbons (Fsp3) is 0.778. The van der Waals surface area contributed by atoms with Crippen LogP contribution in [0.3, 0.4) is 0 Å². The molecular weight excluding hydrogens is 222 g/mol.